The van der Waals surface area contributed by atoms with Gasteiger partial charge in [-0.2, -0.15) is 0 Å². The molecule has 0 spiro atoms. The minimum atomic E-state index is -2.87. The van der Waals surface area contributed by atoms with Crippen molar-refractivity contribution < 1.29 is 4.42 Å². The maximum atomic E-state index is 6.56. The van der Waals surface area contributed by atoms with Crippen molar-refractivity contribution in [3.05, 3.63) is 200 Å². The van der Waals surface area contributed by atoms with Gasteiger partial charge < -0.3 is 4.42 Å². The lowest BCUT2D eigenvalue weighted by atomic mass is 10.0. The van der Waals surface area contributed by atoms with Crippen LogP contribution in [0.5, 0.6) is 0 Å². The van der Waals surface area contributed by atoms with E-state index in [1.165, 1.54) is 42.5 Å². The fourth-order valence-corrected chi connectivity index (χ4v) is 14.6. The zero-order valence-electron chi connectivity index (χ0n) is 29.9. The summed E-state index contributed by atoms with van der Waals surface area (Å²) in [7, 11) is -2.87. The number of hydrogen-bond acceptors (Lipinski definition) is 3. The van der Waals surface area contributed by atoms with E-state index in [9.17, 15) is 0 Å². The quantitative estimate of drug-likeness (QED) is 0.126. The van der Waals surface area contributed by atoms with Gasteiger partial charge >= 0.3 is 0 Å². The summed E-state index contributed by atoms with van der Waals surface area (Å²) in [6.07, 6.45) is 0. The number of furan rings is 1. The van der Waals surface area contributed by atoms with Gasteiger partial charge in [0.15, 0.2) is 8.07 Å². The van der Waals surface area contributed by atoms with Crippen molar-refractivity contribution >= 4 is 73.6 Å². The lowest BCUT2D eigenvalue weighted by Crippen LogP contribution is -2.74. The second kappa shape index (κ2) is 12.9. The Labute approximate surface area is 324 Å². The van der Waals surface area contributed by atoms with E-state index in [1.807, 2.05) is 17.8 Å². The Bertz CT molecular complexity index is 3020. The number of benzene rings is 8. The van der Waals surface area contributed by atoms with Crippen molar-refractivity contribution in [1.82, 2.24) is 9.55 Å². The molecule has 0 aliphatic carbocycles. The molecule has 1 aliphatic heterocycles. The summed E-state index contributed by atoms with van der Waals surface area (Å²) < 4.78 is 8.90. The number of fused-ring (bicyclic) bond motifs is 8. The van der Waals surface area contributed by atoms with Crippen LogP contribution in [-0.2, 0) is 5.75 Å². The van der Waals surface area contributed by atoms with Gasteiger partial charge in [0, 0.05) is 21.2 Å². The predicted octanol–water partition coefficient (Wildman–Crippen LogP) is 10.2. The molecule has 260 valence electrons. The Morgan fingerprint density at radius 3 is 1.93 bits per heavy atom. The predicted molar refractivity (Wildman–Crippen MR) is 232 cm³/mol. The Morgan fingerprint density at radius 2 is 1.13 bits per heavy atom. The molecule has 0 radical (unpaired) electrons. The topological polar surface area (TPSA) is 31.0 Å². The molecule has 3 nitrogen and oxygen atoms in total. The molecule has 55 heavy (non-hydrogen) atoms. The molecule has 10 aromatic rings. The summed E-state index contributed by atoms with van der Waals surface area (Å²) in [4.78, 5) is 6.23. The molecule has 3 heterocycles. The molecule has 0 atom stereocenters. The second-order valence-corrected chi connectivity index (χ2v) is 19.1. The van der Waals surface area contributed by atoms with Gasteiger partial charge in [0.1, 0.15) is 17.0 Å². The maximum absolute atomic E-state index is 6.56. The van der Waals surface area contributed by atoms with Crippen LogP contribution >= 0.6 is 11.8 Å². The van der Waals surface area contributed by atoms with E-state index < -0.39 is 8.07 Å². The van der Waals surface area contributed by atoms with Gasteiger partial charge in [-0.3, -0.25) is 4.57 Å². The molecule has 0 N–H and O–H groups in total. The summed E-state index contributed by atoms with van der Waals surface area (Å²) >= 11 is 1.87. The van der Waals surface area contributed by atoms with E-state index in [2.05, 4.69) is 193 Å². The van der Waals surface area contributed by atoms with Crippen LogP contribution in [0.4, 0.5) is 0 Å². The van der Waals surface area contributed by atoms with E-state index >= 15 is 0 Å². The highest BCUT2D eigenvalue weighted by Gasteiger charge is 2.41. The molecule has 0 amide bonds. The van der Waals surface area contributed by atoms with E-state index in [0.717, 1.165) is 55.7 Å². The molecule has 11 rings (SSSR count). The Hall–Kier alpha value is -6.40. The smallest absolute Gasteiger partial charge is 0.179 e. The van der Waals surface area contributed by atoms with Gasteiger partial charge in [0.25, 0.3) is 0 Å². The van der Waals surface area contributed by atoms with Gasteiger partial charge in [0.2, 0.25) is 0 Å². The number of imidazole rings is 1. The minimum absolute atomic E-state index is 0.849. The van der Waals surface area contributed by atoms with Gasteiger partial charge in [-0.25, -0.2) is 4.98 Å². The van der Waals surface area contributed by atoms with Crippen molar-refractivity contribution in [1.29, 1.82) is 0 Å². The monoisotopic (exact) mass is 738 g/mol. The third kappa shape index (κ3) is 5.08. The van der Waals surface area contributed by atoms with E-state index in [0.29, 0.717) is 0 Å². The minimum Gasteiger partial charge on any atom is -0.455 e. The average Bonchev–Trinajstić information content (AvgIpc) is 3.84. The van der Waals surface area contributed by atoms with E-state index in [4.69, 9.17) is 9.40 Å². The van der Waals surface area contributed by atoms with Gasteiger partial charge in [-0.1, -0.05) is 164 Å². The third-order valence-corrected chi connectivity index (χ3v) is 17.0. The van der Waals surface area contributed by atoms with Gasteiger partial charge in [0.05, 0.1) is 22.5 Å². The lowest BCUT2D eigenvalue weighted by Gasteiger charge is -2.35. The molecule has 0 saturated heterocycles. The normalized spacial score (nSPS) is 12.6. The van der Waals surface area contributed by atoms with Crippen LogP contribution in [0.2, 0.25) is 0 Å². The number of thioether (sulfide) groups is 1. The molecule has 5 heteroatoms. The lowest BCUT2D eigenvalue weighted by molar-refractivity contribution is 0.670. The molecule has 0 saturated carbocycles. The number of nitrogens with zero attached hydrogens (tertiary/aromatic N) is 2. The highest BCUT2D eigenvalue weighted by Crippen LogP contribution is 2.40. The SMILES string of the molecule is c1ccc([Si](c2ccccc2)(c2cccc(-c3ccc4c(c3)SCc3nc5ccccc5n3-4)c2)c2cccc(-c3cccc4c3oc3ccccc34)c2)cc1. The molecule has 0 fully saturated rings. The fraction of sp³-hybridized carbons (Fsp3) is 0.0200. The summed E-state index contributed by atoms with van der Waals surface area (Å²) in [6.45, 7) is 0. The van der Waals surface area contributed by atoms with Crippen LogP contribution in [0.15, 0.2) is 203 Å². The summed E-state index contributed by atoms with van der Waals surface area (Å²) in [5.41, 5.74) is 9.94. The fourth-order valence-electron chi connectivity index (χ4n) is 8.78. The van der Waals surface area contributed by atoms with Crippen LogP contribution < -0.4 is 20.7 Å². The number of rotatable bonds is 6. The molecule has 2 aromatic heterocycles. The van der Waals surface area contributed by atoms with Crippen LogP contribution in [0.1, 0.15) is 5.82 Å². The van der Waals surface area contributed by atoms with Crippen molar-refractivity contribution in [2.75, 3.05) is 0 Å². The number of hydrogen-bond donors (Lipinski definition) is 0. The molecular formula is C50H34N2OSSi. The molecule has 0 unspecified atom stereocenters. The molecular weight excluding hydrogens is 705 g/mol. The summed E-state index contributed by atoms with van der Waals surface area (Å²) in [6, 6.07) is 71.2. The van der Waals surface area contributed by atoms with Gasteiger partial charge in [-0.15, -0.1) is 11.8 Å². The van der Waals surface area contributed by atoms with Crippen LogP contribution in [0.25, 0.3) is 60.9 Å². The maximum Gasteiger partial charge on any atom is 0.179 e. The van der Waals surface area contributed by atoms with E-state index in [-0.39, 0.29) is 0 Å². The summed E-state index contributed by atoms with van der Waals surface area (Å²) in [5, 5.41) is 7.64. The van der Waals surface area contributed by atoms with Crippen LogP contribution in [-0.4, -0.2) is 17.6 Å². The van der Waals surface area contributed by atoms with Crippen LogP contribution in [0, 0.1) is 0 Å². The number of aromatic nitrogens is 2. The van der Waals surface area contributed by atoms with Crippen molar-refractivity contribution in [3.63, 3.8) is 0 Å². The first-order chi connectivity index (χ1) is 27.3. The standard InChI is InChI=1S/C50H34N2OSSi/c1-3-16-37(17-4-1)55(38-18-5-2-6-19-38,40-21-12-15-36(31-40)41-23-13-24-43-42-22-7-10-27-47(42)53-50(41)43)39-20-11-14-34(30-39)35-28-29-46-48(32-35)54-33-49-51-44-25-8-9-26-45(44)52(46)49/h1-32H,33H2. The number of para-hydroxylation sites is 4. The first-order valence-corrected chi connectivity index (χ1v) is 21.7. The molecule has 0 bridgehead atoms. The Morgan fingerprint density at radius 1 is 0.509 bits per heavy atom. The average molecular weight is 739 g/mol. The van der Waals surface area contributed by atoms with Crippen molar-refractivity contribution in [2.24, 2.45) is 0 Å². The van der Waals surface area contributed by atoms with Crippen molar-refractivity contribution in [2.45, 2.75) is 10.6 Å². The second-order valence-electron chi connectivity index (χ2n) is 14.2. The molecule has 1 aliphatic rings. The van der Waals surface area contributed by atoms with Crippen LogP contribution in [0.3, 0.4) is 0 Å². The highest BCUT2D eigenvalue weighted by atomic mass is 32.2. The van der Waals surface area contributed by atoms with E-state index in [1.54, 1.807) is 0 Å². The zero-order valence-corrected chi connectivity index (χ0v) is 31.7. The first kappa shape index (κ1) is 32.1. The summed E-state index contributed by atoms with van der Waals surface area (Å²) in [5.74, 6) is 1.95. The van der Waals surface area contributed by atoms with Gasteiger partial charge in [-0.05, 0) is 67.8 Å². The zero-order chi connectivity index (χ0) is 36.3. The Balaban J connectivity index is 1.11. The molecule has 8 aromatic carbocycles. The highest BCUT2D eigenvalue weighted by molar-refractivity contribution is 7.98. The Kier molecular flexibility index (Phi) is 7.51. The largest absolute Gasteiger partial charge is 0.455 e. The van der Waals surface area contributed by atoms with Crippen molar-refractivity contribution in [3.8, 4) is 27.9 Å². The third-order valence-electron chi connectivity index (χ3n) is 11.2. The first-order valence-electron chi connectivity index (χ1n) is 18.7.